The fourth-order valence-electron chi connectivity index (χ4n) is 3.75. The van der Waals surface area contributed by atoms with Gasteiger partial charge in [-0.15, -0.1) is 0 Å². The van der Waals surface area contributed by atoms with Gasteiger partial charge in [0, 0.05) is 6.42 Å². The van der Waals surface area contributed by atoms with Gasteiger partial charge in [-0.1, -0.05) is 42.5 Å². The predicted molar refractivity (Wildman–Crippen MR) is 126 cm³/mol. The van der Waals surface area contributed by atoms with Gasteiger partial charge in [0.25, 0.3) is 5.56 Å². The molecule has 182 valence electrons. The Morgan fingerprint density at radius 3 is 2.47 bits per heavy atom. The van der Waals surface area contributed by atoms with Crippen molar-refractivity contribution >= 4 is 17.0 Å². The second-order valence-electron chi connectivity index (χ2n) is 8.11. The van der Waals surface area contributed by atoms with Gasteiger partial charge in [0.1, 0.15) is 12.3 Å². The molecule has 0 aliphatic carbocycles. The molecule has 6 nitrogen and oxygen atoms in total. The summed E-state index contributed by atoms with van der Waals surface area (Å²) in [6.45, 7) is 0.0867. The van der Waals surface area contributed by atoms with Crippen LogP contribution < -0.4 is 5.56 Å². The summed E-state index contributed by atoms with van der Waals surface area (Å²) in [6.07, 6.45) is -4.85. The molecule has 1 aromatic heterocycles. The Kier molecular flexibility index (Phi) is 7.15. The fraction of sp³-hybridized carbons (Fsp3) is 0.185. The minimum absolute atomic E-state index is 0.0111. The third-order valence-electron chi connectivity index (χ3n) is 5.55. The zero-order chi connectivity index (χ0) is 25.7. The molecule has 0 atom stereocenters. The number of carbonyl (C=O) groups excluding carboxylic acids is 1. The van der Waals surface area contributed by atoms with Crippen molar-refractivity contribution in [1.82, 2.24) is 9.55 Å². The number of ether oxygens (including phenoxy) is 1. The zero-order valence-electron chi connectivity index (χ0n) is 19.0. The summed E-state index contributed by atoms with van der Waals surface area (Å²) in [5, 5.41) is 8.97. The smallest absolute Gasteiger partial charge is 0.416 e. The van der Waals surface area contributed by atoms with Crippen molar-refractivity contribution in [3.63, 3.8) is 0 Å². The van der Waals surface area contributed by atoms with E-state index in [-0.39, 0.29) is 42.7 Å². The summed E-state index contributed by atoms with van der Waals surface area (Å²) in [5.41, 5.74) is 0.742. The lowest BCUT2D eigenvalue weighted by Crippen LogP contribution is -2.27. The molecule has 0 fully saturated rings. The monoisotopic (exact) mass is 491 g/mol. The summed E-state index contributed by atoms with van der Waals surface area (Å²) >= 11 is 0. The summed E-state index contributed by atoms with van der Waals surface area (Å²) in [7, 11) is 0. The number of nitrogens with zero attached hydrogens (tertiary/aromatic N) is 3. The Morgan fingerprint density at radius 1 is 1.00 bits per heavy atom. The van der Waals surface area contributed by atoms with Gasteiger partial charge in [0.05, 0.1) is 41.2 Å². The van der Waals surface area contributed by atoms with Crippen molar-refractivity contribution in [1.29, 1.82) is 5.26 Å². The number of hydrogen-bond acceptors (Lipinski definition) is 5. The van der Waals surface area contributed by atoms with Gasteiger partial charge in [-0.25, -0.2) is 4.98 Å². The molecular weight excluding hydrogens is 471 g/mol. The van der Waals surface area contributed by atoms with Crippen LogP contribution in [0.3, 0.4) is 0 Å². The van der Waals surface area contributed by atoms with E-state index in [0.717, 1.165) is 17.7 Å². The van der Waals surface area contributed by atoms with Gasteiger partial charge < -0.3 is 9.30 Å². The van der Waals surface area contributed by atoms with E-state index in [1.54, 1.807) is 48.5 Å². The number of nitriles is 1. The number of fused-ring (bicyclic) bond motifs is 1. The van der Waals surface area contributed by atoms with Crippen LogP contribution in [0.4, 0.5) is 13.2 Å². The van der Waals surface area contributed by atoms with Crippen molar-refractivity contribution in [3.8, 4) is 6.07 Å². The van der Waals surface area contributed by atoms with E-state index in [0.29, 0.717) is 11.1 Å². The van der Waals surface area contributed by atoms with E-state index in [9.17, 15) is 22.8 Å². The lowest BCUT2D eigenvalue weighted by atomic mass is 10.1. The Balaban J connectivity index is 1.59. The first kappa shape index (κ1) is 24.7. The van der Waals surface area contributed by atoms with Crippen LogP contribution in [0.25, 0.3) is 11.0 Å². The van der Waals surface area contributed by atoms with Gasteiger partial charge in [-0.3, -0.25) is 9.59 Å². The quantitative estimate of drug-likeness (QED) is 0.339. The summed E-state index contributed by atoms with van der Waals surface area (Å²) in [5.74, 6) is -0.600. The SMILES string of the molecule is N#Cc1cccc(COC(=O)CCc2nc3cc(C(F)(F)F)ccc3n(Cc3ccccc3)c2=O)c1. The van der Waals surface area contributed by atoms with Gasteiger partial charge in [0.15, 0.2) is 0 Å². The van der Waals surface area contributed by atoms with Crippen molar-refractivity contribution in [2.24, 2.45) is 0 Å². The van der Waals surface area contributed by atoms with E-state index in [2.05, 4.69) is 4.98 Å². The van der Waals surface area contributed by atoms with Gasteiger partial charge in [-0.2, -0.15) is 18.4 Å². The molecule has 0 radical (unpaired) electrons. The van der Waals surface area contributed by atoms with E-state index >= 15 is 0 Å². The maximum absolute atomic E-state index is 13.3. The maximum atomic E-state index is 13.3. The molecule has 9 heteroatoms. The van der Waals surface area contributed by atoms with Gasteiger partial charge >= 0.3 is 12.1 Å². The molecular formula is C27H20F3N3O3. The number of hydrogen-bond donors (Lipinski definition) is 0. The van der Waals surface area contributed by atoms with E-state index in [4.69, 9.17) is 10.00 Å². The standard InChI is InChI=1S/C27H20F3N3O3/c28-27(29,30)21-9-11-24-23(14-21)32-22(26(35)33(24)16-18-5-2-1-3-6-18)10-12-25(34)36-17-20-8-4-7-19(13-20)15-31/h1-9,11,13-14H,10,12,16-17H2. The molecule has 3 aromatic carbocycles. The first-order valence-corrected chi connectivity index (χ1v) is 11.0. The second kappa shape index (κ2) is 10.4. The highest BCUT2D eigenvalue weighted by Gasteiger charge is 2.31. The number of aryl methyl sites for hydroxylation is 1. The number of alkyl halides is 3. The van der Waals surface area contributed by atoms with Crippen molar-refractivity contribution in [2.45, 2.75) is 32.2 Å². The molecule has 4 rings (SSSR count). The molecule has 0 unspecified atom stereocenters. The summed E-state index contributed by atoms with van der Waals surface area (Å²) in [4.78, 5) is 29.7. The molecule has 0 aliphatic heterocycles. The molecule has 0 bridgehead atoms. The number of aromatic nitrogens is 2. The van der Waals surface area contributed by atoms with Crippen LogP contribution in [-0.2, 0) is 35.3 Å². The van der Waals surface area contributed by atoms with Crippen LogP contribution in [-0.4, -0.2) is 15.5 Å². The van der Waals surface area contributed by atoms with Crippen molar-refractivity contribution in [3.05, 3.63) is 111 Å². The van der Waals surface area contributed by atoms with Gasteiger partial charge in [0.2, 0.25) is 0 Å². The number of benzene rings is 3. The average molecular weight is 491 g/mol. The molecule has 0 saturated carbocycles. The highest BCUT2D eigenvalue weighted by molar-refractivity contribution is 5.76. The molecule has 0 spiro atoms. The van der Waals surface area contributed by atoms with Crippen LogP contribution in [0.1, 0.15) is 34.4 Å². The average Bonchev–Trinajstić information content (AvgIpc) is 2.88. The Hall–Kier alpha value is -4.45. The molecule has 1 heterocycles. The minimum atomic E-state index is -4.57. The molecule has 0 saturated heterocycles. The topological polar surface area (TPSA) is 85.0 Å². The molecule has 36 heavy (non-hydrogen) atoms. The number of rotatable bonds is 7. The Bertz CT molecular complexity index is 1510. The van der Waals surface area contributed by atoms with Crippen molar-refractivity contribution < 1.29 is 22.7 Å². The Labute approximate surface area is 204 Å². The number of halogens is 3. The lowest BCUT2D eigenvalue weighted by molar-refractivity contribution is -0.145. The Morgan fingerprint density at radius 2 is 1.75 bits per heavy atom. The van der Waals surface area contributed by atoms with Crippen molar-refractivity contribution in [2.75, 3.05) is 0 Å². The number of carbonyl (C=O) groups is 1. The molecule has 0 N–H and O–H groups in total. The van der Waals surface area contributed by atoms with Crippen LogP contribution >= 0.6 is 0 Å². The predicted octanol–water partition coefficient (Wildman–Crippen LogP) is 5.01. The lowest BCUT2D eigenvalue weighted by Gasteiger charge is -2.14. The zero-order valence-corrected chi connectivity index (χ0v) is 19.0. The fourth-order valence-corrected chi connectivity index (χ4v) is 3.75. The van der Waals surface area contributed by atoms with Crippen LogP contribution in [0.2, 0.25) is 0 Å². The first-order chi connectivity index (χ1) is 17.2. The third kappa shape index (κ3) is 5.78. The highest BCUT2D eigenvalue weighted by atomic mass is 19.4. The molecule has 4 aromatic rings. The molecule has 0 amide bonds. The van der Waals surface area contributed by atoms with Gasteiger partial charge in [-0.05, 0) is 41.5 Å². The van der Waals surface area contributed by atoms with Crippen LogP contribution in [0, 0.1) is 11.3 Å². The minimum Gasteiger partial charge on any atom is -0.461 e. The first-order valence-electron chi connectivity index (χ1n) is 11.0. The summed E-state index contributed by atoms with van der Waals surface area (Å²) < 4.78 is 46.5. The maximum Gasteiger partial charge on any atom is 0.416 e. The number of esters is 1. The van der Waals surface area contributed by atoms with Crippen LogP contribution in [0.15, 0.2) is 77.6 Å². The normalized spacial score (nSPS) is 11.3. The second-order valence-corrected chi connectivity index (χ2v) is 8.11. The van der Waals surface area contributed by atoms with E-state index in [1.807, 2.05) is 12.1 Å². The highest BCUT2D eigenvalue weighted by Crippen LogP contribution is 2.31. The van der Waals surface area contributed by atoms with Crippen LogP contribution in [0.5, 0.6) is 0 Å². The molecule has 0 aliphatic rings. The van der Waals surface area contributed by atoms with E-state index < -0.39 is 23.3 Å². The summed E-state index contributed by atoms with van der Waals surface area (Å²) in [6, 6.07) is 20.7. The van der Waals surface area contributed by atoms with E-state index in [1.165, 1.54) is 10.6 Å². The largest absolute Gasteiger partial charge is 0.461 e. The third-order valence-corrected chi connectivity index (χ3v) is 5.55.